The number of aromatic nitrogens is 1. The van der Waals surface area contributed by atoms with Crippen LogP contribution in [-0.2, 0) is 0 Å². The Balaban J connectivity index is 1.81. The topological polar surface area (TPSA) is 39.3 Å². The van der Waals surface area contributed by atoms with Gasteiger partial charge in [-0.1, -0.05) is 0 Å². The Kier molecular flexibility index (Phi) is 4.50. The number of rotatable bonds is 4. The Morgan fingerprint density at radius 3 is 2.71 bits per heavy atom. The second kappa shape index (κ2) is 6.12. The van der Waals surface area contributed by atoms with Crippen LogP contribution in [-0.4, -0.2) is 59.2 Å². The number of H-pyrrole nitrogens is 1. The van der Waals surface area contributed by atoms with Gasteiger partial charge in [-0.05, 0) is 24.8 Å². The second-order valence-electron chi connectivity index (χ2n) is 4.31. The number of amides is 1. The molecule has 1 aromatic rings. The zero-order valence-electron chi connectivity index (χ0n) is 9.93. The summed E-state index contributed by atoms with van der Waals surface area (Å²) in [6.07, 6.45) is 4.67. The molecule has 4 nitrogen and oxygen atoms in total. The molecule has 0 spiro atoms. The van der Waals surface area contributed by atoms with Crippen LogP contribution in [0.1, 0.15) is 16.8 Å². The number of hydrogen-bond donors (Lipinski definition) is 2. The van der Waals surface area contributed by atoms with Gasteiger partial charge >= 0.3 is 0 Å². The molecule has 0 unspecified atom stereocenters. The van der Waals surface area contributed by atoms with Gasteiger partial charge in [0.2, 0.25) is 0 Å². The third kappa shape index (κ3) is 3.26. The highest BCUT2D eigenvalue weighted by Gasteiger charge is 2.21. The van der Waals surface area contributed by atoms with Crippen LogP contribution in [0.2, 0.25) is 0 Å². The average Bonchev–Trinajstić information content (AvgIpc) is 2.90. The number of nitrogens with one attached hydrogen (secondary N) is 1. The first kappa shape index (κ1) is 12.5. The van der Waals surface area contributed by atoms with Crippen molar-refractivity contribution in [3.05, 3.63) is 24.0 Å². The molecule has 0 aromatic carbocycles. The lowest BCUT2D eigenvalue weighted by molar-refractivity contribution is 0.0638. The number of carbonyl (C=O) groups is 1. The number of aromatic amines is 1. The van der Waals surface area contributed by atoms with Crippen molar-refractivity contribution in [2.45, 2.75) is 6.42 Å². The molecule has 0 saturated carbocycles. The summed E-state index contributed by atoms with van der Waals surface area (Å²) in [5.74, 6) is 1.07. The predicted octanol–water partition coefficient (Wildman–Crippen LogP) is 1.09. The summed E-state index contributed by atoms with van der Waals surface area (Å²) in [6.45, 7) is 4.71. The van der Waals surface area contributed by atoms with Gasteiger partial charge in [0.15, 0.2) is 0 Å². The minimum Gasteiger partial charge on any atom is -0.367 e. The summed E-state index contributed by atoms with van der Waals surface area (Å²) in [4.78, 5) is 19.3. The molecular weight excluding hydrogens is 234 g/mol. The molecular formula is C12H19N3OS. The molecule has 0 bridgehead atoms. The maximum absolute atomic E-state index is 12.1. The molecule has 5 heteroatoms. The fraction of sp³-hybridized carbons (Fsp3) is 0.583. The van der Waals surface area contributed by atoms with Gasteiger partial charge in [-0.25, -0.2) is 0 Å². The largest absolute Gasteiger partial charge is 0.367 e. The molecule has 1 amide bonds. The van der Waals surface area contributed by atoms with E-state index in [0.29, 0.717) is 0 Å². The molecule has 1 aromatic heterocycles. The van der Waals surface area contributed by atoms with E-state index in [4.69, 9.17) is 0 Å². The molecule has 1 aliphatic rings. The highest BCUT2D eigenvalue weighted by molar-refractivity contribution is 7.80. The summed E-state index contributed by atoms with van der Waals surface area (Å²) in [5.41, 5.74) is 0.758. The Morgan fingerprint density at radius 1 is 1.35 bits per heavy atom. The summed E-state index contributed by atoms with van der Waals surface area (Å²) >= 11 is 4.22. The van der Waals surface area contributed by atoms with Gasteiger partial charge in [-0.3, -0.25) is 9.69 Å². The minimum atomic E-state index is 0.139. The SMILES string of the molecule is O=C(c1cc[nH]c1)N1CCN(CCCS)CC1. The van der Waals surface area contributed by atoms with Crippen molar-refractivity contribution in [2.75, 3.05) is 38.5 Å². The standard InChI is InChI=1S/C12H19N3OS/c16-12(11-2-3-13-10-11)15-7-5-14(6-8-15)4-1-9-17/h2-3,10,13,17H,1,4-9H2. The van der Waals surface area contributed by atoms with E-state index in [-0.39, 0.29) is 5.91 Å². The Labute approximate surface area is 107 Å². The van der Waals surface area contributed by atoms with Gasteiger partial charge in [0.25, 0.3) is 5.91 Å². The Bertz CT molecular complexity index is 345. The first-order valence-corrected chi connectivity index (χ1v) is 6.70. The molecule has 1 fully saturated rings. The average molecular weight is 253 g/mol. The summed E-state index contributed by atoms with van der Waals surface area (Å²) in [6, 6.07) is 1.83. The number of piperazine rings is 1. The van der Waals surface area contributed by atoms with Gasteiger partial charge in [0, 0.05) is 38.6 Å². The van der Waals surface area contributed by atoms with Gasteiger partial charge in [-0.15, -0.1) is 0 Å². The van der Waals surface area contributed by atoms with Crippen LogP contribution in [0, 0.1) is 0 Å². The van der Waals surface area contributed by atoms with E-state index < -0.39 is 0 Å². The smallest absolute Gasteiger partial charge is 0.255 e. The maximum atomic E-state index is 12.1. The van der Waals surface area contributed by atoms with Gasteiger partial charge < -0.3 is 9.88 Å². The van der Waals surface area contributed by atoms with Crippen molar-refractivity contribution < 1.29 is 4.79 Å². The van der Waals surface area contributed by atoms with Crippen molar-refractivity contribution in [1.82, 2.24) is 14.8 Å². The normalized spacial score (nSPS) is 17.4. The molecule has 0 atom stereocenters. The maximum Gasteiger partial charge on any atom is 0.255 e. The monoisotopic (exact) mass is 253 g/mol. The zero-order valence-corrected chi connectivity index (χ0v) is 10.8. The van der Waals surface area contributed by atoms with Crippen molar-refractivity contribution in [3.63, 3.8) is 0 Å². The Morgan fingerprint density at radius 2 is 2.12 bits per heavy atom. The van der Waals surface area contributed by atoms with E-state index in [1.54, 1.807) is 12.4 Å². The lowest BCUT2D eigenvalue weighted by Gasteiger charge is -2.34. The highest BCUT2D eigenvalue weighted by Crippen LogP contribution is 2.08. The lowest BCUT2D eigenvalue weighted by atomic mass is 10.2. The molecule has 17 heavy (non-hydrogen) atoms. The third-order valence-electron chi connectivity index (χ3n) is 3.14. The molecule has 94 valence electrons. The number of thiol groups is 1. The zero-order chi connectivity index (χ0) is 12.1. The van der Waals surface area contributed by atoms with Crippen molar-refractivity contribution in [1.29, 1.82) is 0 Å². The van der Waals surface area contributed by atoms with Crippen LogP contribution < -0.4 is 0 Å². The quantitative estimate of drug-likeness (QED) is 0.789. The molecule has 2 heterocycles. The first-order valence-electron chi connectivity index (χ1n) is 6.06. The van der Waals surface area contributed by atoms with E-state index in [2.05, 4.69) is 22.5 Å². The fourth-order valence-electron chi connectivity index (χ4n) is 2.11. The van der Waals surface area contributed by atoms with E-state index in [9.17, 15) is 4.79 Å². The number of carbonyl (C=O) groups excluding carboxylic acids is 1. The van der Waals surface area contributed by atoms with Gasteiger partial charge in [0.05, 0.1) is 5.56 Å². The summed E-state index contributed by atoms with van der Waals surface area (Å²) in [7, 11) is 0. The van der Waals surface area contributed by atoms with Crippen LogP contribution in [0.25, 0.3) is 0 Å². The van der Waals surface area contributed by atoms with Crippen molar-refractivity contribution >= 4 is 18.5 Å². The molecule has 0 radical (unpaired) electrons. The fourth-order valence-corrected chi connectivity index (χ4v) is 2.25. The lowest BCUT2D eigenvalue weighted by Crippen LogP contribution is -2.48. The number of nitrogens with zero attached hydrogens (tertiary/aromatic N) is 2. The summed E-state index contributed by atoms with van der Waals surface area (Å²) in [5, 5.41) is 0. The molecule has 2 rings (SSSR count). The van der Waals surface area contributed by atoms with Crippen molar-refractivity contribution in [2.24, 2.45) is 0 Å². The van der Waals surface area contributed by atoms with Crippen LogP contribution in [0.3, 0.4) is 0 Å². The van der Waals surface area contributed by atoms with Crippen LogP contribution in [0.5, 0.6) is 0 Å². The minimum absolute atomic E-state index is 0.139. The van der Waals surface area contributed by atoms with Crippen LogP contribution >= 0.6 is 12.6 Å². The van der Waals surface area contributed by atoms with Gasteiger partial charge in [-0.2, -0.15) is 12.6 Å². The molecule has 0 aliphatic carbocycles. The van der Waals surface area contributed by atoms with Crippen LogP contribution in [0.15, 0.2) is 18.5 Å². The van der Waals surface area contributed by atoms with E-state index in [1.807, 2.05) is 11.0 Å². The molecule has 1 aliphatic heterocycles. The van der Waals surface area contributed by atoms with E-state index in [0.717, 1.165) is 50.5 Å². The predicted molar refractivity (Wildman–Crippen MR) is 71.6 cm³/mol. The molecule has 1 N–H and O–H groups in total. The van der Waals surface area contributed by atoms with E-state index in [1.165, 1.54) is 0 Å². The first-order chi connectivity index (χ1) is 8.31. The third-order valence-corrected chi connectivity index (χ3v) is 3.45. The molecule has 1 saturated heterocycles. The summed E-state index contributed by atoms with van der Waals surface area (Å²) < 4.78 is 0. The van der Waals surface area contributed by atoms with E-state index >= 15 is 0 Å². The van der Waals surface area contributed by atoms with Crippen molar-refractivity contribution in [3.8, 4) is 0 Å². The van der Waals surface area contributed by atoms with Gasteiger partial charge in [0.1, 0.15) is 0 Å². The van der Waals surface area contributed by atoms with Crippen LogP contribution in [0.4, 0.5) is 0 Å². The Hall–Kier alpha value is -0.940. The number of hydrogen-bond acceptors (Lipinski definition) is 3. The highest BCUT2D eigenvalue weighted by atomic mass is 32.1. The second-order valence-corrected chi connectivity index (χ2v) is 4.76.